The summed E-state index contributed by atoms with van der Waals surface area (Å²) in [5.41, 5.74) is 5.68. The van der Waals surface area contributed by atoms with Crippen molar-refractivity contribution in [1.82, 2.24) is 10.1 Å². The average molecular weight is 223 g/mol. The van der Waals surface area contributed by atoms with Crippen molar-refractivity contribution in [2.45, 2.75) is 51.4 Å². The molecule has 90 valence electrons. The van der Waals surface area contributed by atoms with E-state index in [0.29, 0.717) is 17.8 Å². The van der Waals surface area contributed by atoms with E-state index < -0.39 is 0 Å². The average Bonchev–Trinajstić information content (AvgIpc) is 2.78. The van der Waals surface area contributed by atoms with Crippen LogP contribution in [-0.4, -0.2) is 16.7 Å². The summed E-state index contributed by atoms with van der Waals surface area (Å²) < 4.78 is 5.34. The van der Waals surface area contributed by atoms with Crippen molar-refractivity contribution in [1.29, 1.82) is 0 Å². The lowest BCUT2D eigenvalue weighted by Crippen LogP contribution is -2.20. The molecule has 4 heteroatoms. The van der Waals surface area contributed by atoms with Gasteiger partial charge in [0.2, 0.25) is 5.89 Å². The molecule has 1 saturated carbocycles. The summed E-state index contributed by atoms with van der Waals surface area (Å²) in [5.74, 6) is 3.17. The number of nitrogens with two attached hydrogens (primary N) is 1. The molecule has 1 aromatic heterocycles. The normalized spacial score (nSPS) is 26.2. The Morgan fingerprint density at radius 1 is 1.31 bits per heavy atom. The highest BCUT2D eigenvalue weighted by atomic mass is 16.5. The molecule has 0 bridgehead atoms. The van der Waals surface area contributed by atoms with E-state index >= 15 is 0 Å². The van der Waals surface area contributed by atoms with Crippen LogP contribution in [0.25, 0.3) is 0 Å². The standard InChI is InChI=1S/C12H21N3O/c1-8(2)11-14-12(16-15-11)10-5-3-9(7-13)4-6-10/h8-10H,3-7,13H2,1-2H3. The van der Waals surface area contributed by atoms with Gasteiger partial charge in [0.15, 0.2) is 5.82 Å². The summed E-state index contributed by atoms with van der Waals surface area (Å²) in [6.07, 6.45) is 4.67. The van der Waals surface area contributed by atoms with Crippen LogP contribution in [0.5, 0.6) is 0 Å². The van der Waals surface area contributed by atoms with Crippen LogP contribution in [0.2, 0.25) is 0 Å². The van der Waals surface area contributed by atoms with Crippen molar-refractivity contribution in [3.05, 3.63) is 11.7 Å². The van der Waals surface area contributed by atoms with Crippen molar-refractivity contribution in [2.24, 2.45) is 11.7 Å². The molecule has 1 heterocycles. The summed E-state index contributed by atoms with van der Waals surface area (Å²) in [6.45, 7) is 4.98. The first-order chi connectivity index (χ1) is 7.70. The summed E-state index contributed by atoms with van der Waals surface area (Å²) >= 11 is 0. The molecular weight excluding hydrogens is 202 g/mol. The third-order valence-corrected chi connectivity index (χ3v) is 3.50. The third kappa shape index (κ3) is 2.43. The topological polar surface area (TPSA) is 64.9 Å². The molecule has 0 aliphatic heterocycles. The molecule has 0 amide bonds. The molecule has 16 heavy (non-hydrogen) atoms. The molecule has 4 nitrogen and oxygen atoms in total. The zero-order valence-corrected chi connectivity index (χ0v) is 10.1. The smallest absolute Gasteiger partial charge is 0.229 e. The van der Waals surface area contributed by atoms with Crippen LogP contribution in [0.15, 0.2) is 4.52 Å². The Morgan fingerprint density at radius 3 is 2.50 bits per heavy atom. The molecule has 2 N–H and O–H groups in total. The van der Waals surface area contributed by atoms with E-state index in [-0.39, 0.29) is 0 Å². The Bertz CT molecular complexity index is 327. The maximum absolute atomic E-state index is 5.68. The molecule has 1 aliphatic rings. The third-order valence-electron chi connectivity index (χ3n) is 3.50. The van der Waals surface area contributed by atoms with Gasteiger partial charge < -0.3 is 10.3 Å². The van der Waals surface area contributed by atoms with E-state index in [1.807, 2.05) is 0 Å². The predicted octanol–water partition coefficient (Wildman–Crippen LogP) is 2.43. The lowest BCUT2D eigenvalue weighted by molar-refractivity contribution is 0.274. The van der Waals surface area contributed by atoms with Gasteiger partial charge in [-0.05, 0) is 38.1 Å². The van der Waals surface area contributed by atoms with Crippen molar-refractivity contribution in [2.75, 3.05) is 6.54 Å². The molecule has 1 aromatic rings. The quantitative estimate of drug-likeness (QED) is 0.854. The fraction of sp³-hybridized carbons (Fsp3) is 0.833. The Balaban J connectivity index is 1.97. The van der Waals surface area contributed by atoms with E-state index in [4.69, 9.17) is 10.3 Å². The largest absolute Gasteiger partial charge is 0.339 e. The van der Waals surface area contributed by atoms with Crippen LogP contribution in [0.1, 0.15) is 63.1 Å². The van der Waals surface area contributed by atoms with Gasteiger partial charge in [-0.3, -0.25) is 0 Å². The van der Waals surface area contributed by atoms with Crippen LogP contribution < -0.4 is 5.73 Å². The van der Waals surface area contributed by atoms with Gasteiger partial charge in [0.25, 0.3) is 0 Å². The van der Waals surface area contributed by atoms with Crippen molar-refractivity contribution in [3.8, 4) is 0 Å². The van der Waals surface area contributed by atoms with Gasteiger partial charge in [-0.1, -0.05) is 19.0 Å². The van der Waals surface area contributed by atoms with Crippen molar-refractivity contribution >= 4 is 0 Å². The van der Waals surface area contributed by atoms with E-state index in [2.05, 4.69) is 24.0 Å². The van der Waals surface area contributed by atoms with Crippen molar-refractivity contribution < 1.29 is 4.52 Å². The molecule has 0 aromatic carbocycles. The first-order valence-corrected chi connectivity index (χ1v) is 6.24. The fourth-order valence-electron chi connectivity index (χ4n) is 2.29. The minimum absolute atomic E-state index is 0.345. The summed E-state index contributed by atoms with van der Waals surface area (Å²) in [5, 5.41) is 4.02. The molecule has 0 radical (unpaired) electrons. The molecule has 1 aliphatic carbocycles. The zero-order chi connectivity index (χ0) is 11.5. The maximum Gasteiger partial charge on any atom is 0.229 e. The zero-order valence-electron chi connectivity index (χ0n) is 10.1. The second-order valence-corrected chi connectivity index (χ2v) is 5.10. The monoisotopic (exact) mass is 223 g/mol. The lowest BCUT2D eigenvalue weighted by atomic mass is 9.82. The minimum Gasteiger partial charge on any atom is -0.339 e. The van der Waals surface area contributed by atoms with Crippen LogP contribution in [0, 0.1) is 5.92 Å². The Hall–Kier alpha value is -0.900. The summed E-state index contributed by atoms with van der Waals surface area (Å²) in [7, 11) is 0. The molecule has 0 unspecified atom stereocenters. The number of rotatable bonds is 3. The number of nitrogens with zero attached hydrogens (tertiary/aromatic N) is 2. The van der Waals surface area contributed by atoms with E-state index in [1.54, 1.807) is 0 Å². The highest BCUT2D eigenvalue weighted by Crippen LogP contribution is 2.34. The first kappa shape index (κ1) is 11.6. The highest BCUT2D eigenvalue weighted by Gasteiger charge is 2.26. The van der Waals surface area contributed by atoms with Gasteiger partial charge in [-0.25, -0.2) is 0 Å². The van der Waals surface area contributed by atoms with E-state index in [0.717, 1.165) is 31.1 Å². The van der Waals surface area contributed by atoms with Gasteiger partial charge in [-0.15, -0.1) is 0 Å². The molecule has 0 spiro atoms. The highest BCUT2D eigenvalue weighted by molar-refractivity contribution is 4.98. The Morgan fingerprint density at radius 2 is 2.00 bits per heavy atom. The van der Waals surface area contributed by atoms with E-state index in [1.165, 1.54) is 12.8 Å². The number of hydrogen-bond donors (Lipinski definition) is 1. The lowest BCUT2D eigenvalue weighted by Gasteiger charge is -2.24. The number of hydrogen-bond acceptors (Lipinski definition) is 4. The fourth-order valence-corrected chi connectivity index (χ4v) is 2.29. The van der Waals surface area contributed by atoms with Crippen LogP contribution in [0.4, 0.5) is 0 Å². The van der Waals surface area contributed by atoms with Crippen LogP contribution in [0.3, 0.4) is 0 Å². The maximum atomic E-state index is 5.68. The van der Waals surface area contributed by atoms with E-state index in [9.17, 15) is 0 Å². The van der Waals surface area contributed by atoms with Gasteiger partial charge >= 0.3 is 0 Å². The van der Waals surface area contributed by atoms with Gasteiger partial charge in [-0.2, -0.15) is 4.98 Å². The number of aromatic nitrogens is 2. The van der Waals surface area contributed by atoms with Gasteiger partial charge in [0, 0.05) is 11.8 Å². The second kappa shape index (κ2) is 4.95. The van der Waals surface area contributed by atoms with Crippen molar-refractivity contribution in [3.63, 3.8) is 0 Å². The molecule has 0 atom stereocenters. The molecule has 2 rings (SSSR count). The molecule has 1 fully saturated rings. The summed E-state index contributed by atoms with van der Waals surface area (Å²) in [4.78, 5) is 4.48. The Labute approximate surface area is 96.6 Å². The second-order valence-electron chi connectivity index (χ2n) is 5.10. The van der Waals surface area contributed by atoms with Gasteiger partial charge in [0.05, 0.1) is 0 Å². The van der Waals surface area contributed by atoms with Crippen LogP contribution in [-0.2, 0) is 0 Å². The molecular formula is C12H21N3O. The minimum atomic E-state index is 0.345. The molecule has 0 saturated heterocycles. The Kier molecular flexibility index (Phi) is 3.59. The van der Waals surface area contributed by atoms with Crippen LogP contribution >= 0.6 is 0 Å². The van der Waals surface area contributed by atoms with Gasteiger partial charge in [0.1, 0.15) is 0 Å². The predicted molar refractivity (Wildman–Crippen MR) is 62.1 cm³/mol. The first-order valence-electron chi connectivity index (χ1n) is 6.24. The SMILES string of the molecule is CC(C)c1noc(C2CCC(CN)CC2)n1. The summed E-state index contributed by atoms with van der Waals surface area (Å²) in [6, 6.07) is 0.